The Morgan fingerprint density at radius 2 is 1.85 bits per heavy atom. The van der Waals surface area contributed by atoms with Gasteiger partial charge in [-0.3, -0.25) is 9.59 Å². The van der Waals surface area contributed by atoms with Gasteiger partial charge in [-0.25, -0.2) is 4.39 Å². The number of nitrogens with zero attached hydrogens (tertiary/aromatic N) is 1. The molecule has 0 saturated carbocycles. The zero-order chi connectivity index (χ0) is 19.1. The van der Waals surface area contributed by atoms with Crippen LogP contribution >= 0.6 is 23.4 Å². The van der Waals surface area contributed by atoms with Gasteiger partial charge in [-0.1, -0.05) is 29.8 Å². The summed E-state index contributed by atoms with van der Waals surface area (Å²) in [5.41, 5.74) is 0.369. The van der Waals surface area contributed by atoms with Crippen LogP contribution in [0.2, 0.25) is 5.02 Å². The van der Waals surface area contributed by atoms with Crippen molar-refractivity contribution in [1.82, 2.24) is 10.2 Å². The highest BCUT2D eigenvalue weighted by Crippen LogP contribution is 2.22. The summed E-state index contributed by atoms with van der Waals surface area (Å²) >= 11 is 7.20. The molecule has 0 aromatic heterocycles. The molecular formula is C19H20ClFN2O2S. The summed E-state index contributed by atoms with van der Waals surface area (Å²) < 4.78 is 14.0. The van der Waals surface area contributed by atoms with Crippen molar-refractivity contribution in [2.75, 3.05) is 12.8 Å². The number of hydrogen-bond acceptors (Lipinski definition) is 3. The standard InChI is InChI=1S/C19H20ClFN2O2S/c1-13(19(25)22-2)23(11-14-5-3-4-6-17(14)21)18(24)12-26-16-9-7-15(20)8-10-16/h3-10,13H,11-12H2,1-2H3,(H,22,25)/t13-/m0/s1. The monoisotopic (exact) mass is 394 g/mol. The summed E-state index contributed by atoms with van der Waals surface area (Å²) in [5, 5.41) is 3.15. The fourth-order valence-corrected chi connectivity index (χ4v) is 3.27. The lowest BCUT2D eigenvalue weighted by atomic mass is 10.1. The largest absolute Gasteiger partial charge is 0.357 e. The van der Waals surface area contributed by atoms with Gasteiger partial charge in [0.2, 0.25) is 11.8 Å². The molecule has 1 N–H and O–H groups in total. The number of hydrogen-bond donors (Lipinski definition) is 1. The highest BCUT2D eigenvalue weighted by atomic mass is 35.5. The second kappa shape index (κ2) is 9.59. The highest BCUT2D eigenvalue weighted by Gasteiger charge is 2.26. The molecule has 0 spiro atoms. The second-order valence-corrected chi connectivity index (χ2v) is 7.13. The van der Waals surface area contributed by atoms with Gasteiger partial charge in [0, 0.05) is 29.1 Å². The summed E-state index contributed by atoms with van der Waals surface area (Å²) in [7, 11) is 1.51. The Kier molecular flexibility index (Phi) is 7.48. The van der Waals surface area contributed by atoms with Gasteiger partial charge in [0.1, 0.15) is 11.9 Å². The van der Waals surface area contributed by atoms with E-state index in [0.29, 0.717) is 10.6 Å². The van der Waals surface area contributed by atoms with Gasteiger partial charge in [0.15, 0.2) is 0 Å². The molecule has 0 aliphatic heterocycles. The first-order chi connectivity index (χ1) is 12.4. The molecule has 0 aliphatic carbocycles. The Morgan fingerprint density at radius 3 is 2.46 bits per heavy atom. The Balaban J connectivity index is 2.13. The topological polar surface area (TPSA) is 49.4 Å². The van der Waals surface area contributed by atoms with E-state index < -0.39 is 11.9 Å². The number of halogens is 2. The molecule has 0 unspecified atom stereocenters. The fourth-order valence-electron chi connectivity index (χ4n) is 2.36. The average molecular weight is 395 g/mol. The van der Waals surface area contributed by atoms with Crippen molar-refractivity contribution in [3.05, 3.63) is 64.9 Å². The molecule has 26 heavy (non-hydrogen) atoms. The maximum Gasteiger partial charge on any atom is 0.242 e. The Hall–Kier alpha value is -2.05. The molecule has 2 aromatic carbocycles. The van der Waals surface area contributed by atoms with Crippen LogP contribution in [0, 0.1) is 5.82 Å². The maximum absolute atomic E-state index is 14.0. The van der Waals surface area contributed by atoms with Gasteiger partial charge in [0.25, 0.3) is 0 Å². The maximum atomic E-state index is 14.0. The quantitative estimate of drug-likeness (QED) is 0.728. The lowest BCUT2D eigenvalue weighted by molar-refractivity contribution is -0.138. The van der Waals surface area contributed by atoms with E-state index in [2.05, 4.69) is 5.32 Å². The van der Waals surface area contributed by atoms with E-state index in [1.807, 2.05) is 12.1 Å². The van der Waals surface area contributed by atoms with Gasteiger partial charge < -0.3 is 10.2 Å². The molecule has 0 bridgehead atoms. The van der Waals surface area contributed by atoms with E-state index in [1.165, 1.54) is 29.8 Å². The molecule has 138 valence electrons. The Bertz CT molecular complexity index is 770. The van der Waals surface area contributed by atoms with E-state index >= 15 is 0 Å². The van der Waals surface area contributed by atoms with Crippen molar-refractivity contribution in [2.24, 2.45) is 0 Å². The predicted octanol–water partition coefficient (Wildman–Crippen LogP) is 3.73. The molecule has 0 radical (unpaired) electrons. The zero-order valence-electron chi connectivity index (χ0n) is 14.5. The van der Waals surface area contributed by atoms with Crippen molar-refractivity contribution in [1.29, 1.82) is 0 Å². The number of amides is 2. The van der Waals surface area contributed by atoms with Gasteiger partial charge in [-0.15, -0.1) is 11.8 Å². The highest BCUT2D eigenvalue weighted by molar-refractivity contribution is 8.00. The number of carbonyl (C=O) groups is 2. The van der Waals surface area contributed by atoms with Gasteiger partial charge in [-0.05, 0) is 37.3 Å². The SMILES string of the molecule is CNC(=O)[C@H](C)N(Cc1ccccc1F)C(=O)CSc1ccc(Cl)cc1. The minimum atomic E-state index is -0.710. The predicted molar refractivity (Wildman–Crippen MR) is 103 cm³/mol. The molecule has 0 saturated heterocycles. The molecule has 1 atom stereocenters. The summed E-state index contributed by atoms with van der Waals surface area (Å²) in [5.74, 6) is -0.813. The first kappa shape index (κ1) is 20.3. The van der Waals surface area contributed by atoms with Gasteiger partial charge in [0.05, 0.1) is 5.75 Å². The second-order valence-electron chi connectivity index (χ2n) is 5.65. The van der Waals surface area contributed by atoms with Crippen LogP contribution in [-0.4, -0.2) is 35.6 Å². The fraction of sp³-hybridized carbons (Fsp3) is 0.263. The molecule has 0 fully saturated rings. The first-order valence-corrected chi connectivity index (χ1v) is 9.41. The third kappa shape index (κ3) is 5.47. The van der Waals surface area contributed by atoms with Gasteiger partial charge in [-0.2, -0.15) is 0 Å². The number of nitrogens with one attached hydrogen (secondary N) is 1. The van der Waals surface area contributed by atoms with E-state index in [1.54, 1.807) is 37.3 Å². The molecule has 0 heterocycles. The smallest absolute Gasteiger partial charge is 0.242 e. The minimum Gasteiger partial charge on any atom is -0.357 e. The van der Waals surface area contributed by atoms with Crippen LogP contribution in [0.4, 0.5) is 4.39 Å². The number of rotatable bonds is 7. The molecule has 2 aromatic rings. The van der Waals surface area contributed by atoms with Gasteiger partial charge >= 0.3 is 0 Å². The summed E-state index contributed by atoms with van der Waals surface area (Å²) in [6.45, 7) is 1.66. The van der Waals surface area contributed by atoms with E-state index in [4.69, 9.17) is 11.6 Å². The number of thioether (sulfide) groups is 1. The van der Waals surface area contributed by atoms with Crippen molar-refractivity contribution in [2.45, 2.75) is 24.4 Å². The van der Waals surface area contributed by atoms with Crippen molar-refractivity contribution in [3.8, 4) is 0 Å². The van der Waals surface area contributed by atoms with Crippen LogP contribution in [-0.2, 0) is 16.1 Å². The lowest BCUT2D eigenvalue weighted by Gasteiger charge is -2.28. The Morgan fingerprint density at radius 1 is 1.19 bits per heavy atom. The van der Waals surface area contributed by atoms with Crippen molar-refractivity contribution >= 4 is 35.2 Å². The summed E-state index contributed by atoms with van der Waals surface area (Å²) in [4.78, 5) is 27.0. The first-order valence-electron chi connectivity index (χ1n) is 8.05. The molecule has 2 amide bonds. The Labute approximate surface area is 161 Å². The molecule has 2 rings (SSSR count). The summed E-state index contributed by atoms with van der Waals surface area (Å²) in [6, 6.07) is 12.7. The van der Waals surface area contributed by atoms with Crippen molar-refractivity contribution in [3.63, 3.8) is 0 Å². The molecule has 0 aliphatic rings. The molecular weight excluding hydrogens is 375 g/mol. The third-order valence-corrected chi connectivity index (χ3v) is 5.14. The van der Waals surface area contributed by atoms with Crippen LogP contribution in [0.3, 0.4) is 0 Å². The zero-order valence-corrected chi connectivity index (χ0v) is 16.1. The van der Waals surface area contributed by atoms with E-state index in [0.717, 1.165) is 4.90 Å². The minimum absolute atomic E-state index is 0.0290. The number of benzene rings is 2. The van der Waals surface area contributed by atoms with Crippen LogP contribution in [0.5, 0.6) is 0 Å². The van der Waals surface area contributed by atoms with E-state index in [-0.39, 0.29) is 24.1 Å². The normalized spacial score (nSPS) is 11.7. The van der Waals surface area contributed by atoms with Crippen LogP contribution in [0.25, 0.3) is 0 Å². The lowest BCUT2D eigenvalue weighted by Crippen LogP contribution is -2.47. The molecule has 4 nitrogen and oxygen atoms in total. The average Bonchev–Trinajstić information content (AvgIpc) is 2.65. The molecule has 7 heteroatoms. The van der Waals surface area contributed by atoms with Crippen LogP contribution < -0.4 is 5.32 Å². The summed E-state index contributed by atoms with van der Waals surface area (Å²) in [6.07, 6.45) is 0. The van der Waals surface area contributed by atoms with Crippen LogP contribution in [0.15, 0.2) is 53.4 Å². The number of carbonyl (C=O) groups excluding carboxylic acids is 2. The van der Waals surface area contributed by atoms with Crippen LogP contribution in [0.1, 0.15) is 12.5 Å². The number of likely N-dealkylation sites (N-methyl/N-ethyl adjacent to an activating group) is 1. The third-order valence-electron chi connectivity index (χ3n) is 3.89. The van der Waals surface area contributed by atoms with E-state index in [9.17, 15) is 14.0 Å². The van der Waals surface area contributed by atoms with Crippen molar-refractivity contribution < 1.29 is 14.0 Å².